The van der Waals surface area contributed by atoms with Gasteiger partial charge in [0.25, 0.3) is 0 Å². The Balaban J connectivity index is 2.98. The van der Waals surface area contributed by atoms with Crippen molar-refractivity contribution in [2.45, 2.75) is 59.8 Å². The Morgan fingerprint density at radius 3 is 2.11 bits per heavy atom. The van der Waals surface area contributed by atoms with E-state index in [1.54, 1.807) is 0 Å². The van der Waals surface area contributed by atoms with Crippen LogP contribution >= 0.6 is 0 Å². The summed E-state index contributed by atoms with van der Waals surface area (Å²) in [6, 6.07) is 0. The number of rotatable bonds is 2. The zero-order valence-electron chi connectivity index (χ0n) is 11.9. The summed E-state index contributed by atoms with van der Waals surface area (Å²) in [6.07, 6.45) is -0.926. The van der Waals surface area contributed by atoms with E-state index in [9.17, 15) is 9.59 Å². The second-order valence-corrected chi connectivity index (χ2v) is 17.6. The van der Waals surface area contributed by atoms with Crippen LogP contribution in [0.15, 0.2) is 0 Å². The Labute approximate surface area is 113 Å². The van der Waals surface area contributed by atoms with Gasteiger partial charge in [0, 0.05) is 0 Å². The molecule has 6 heteroatoms. The molecule has 1 saturated heterocycles. The fraction of sp³-hybridized carbons (Fsp3) is 0.833. The molecule has 0 aromatic carbocycles. The number of ether oxygens (including phenoxy) is 2. The van der Waals surface area contributed by atoms with Gasteiger partial charge in [0.15, 0.2) is 0 Å². The molecule has 0 bridgehead atoms. The number of hydrogen-bond acceptors (Lipinski definition) is 5. The van der Waals surface area contributed by atoms with Gasteiger partial charge in [-0.1, -0.05) is 0 Å². The quantitative estimate of drug-likeness (QED) is 0.552. The maximum atomic E-state index is 11.2. The van der Waals surface area contributed by atoms with Gasteiger partial charge >= 0.3 is 113 Å². The second kappa shape index (κ2) is 5.36. The van der Waals surface area contributed by atoms with Crippen molar-refractivity contribution in [2.75, 3.05) is 0 Å². The fourth-order valence-corrected chi connectivity index (χ4v) is 10.8. The van der Waals surface area contributed by atoms with Gasteiger partial charge in [-0.15, -0.1) is 0 Å². The maximum absolute atomic E-state index is 11.2. The van der Waals surface area contributed by atoms with E-state index in [-0.39, 0.29) is 18.0 Å². The summed E-state index contributed by atoms with van der Waals surface area (Å²) >= 11 is -2.68. The number of hydrogen-bond donors (Lipinski definition) is 0. The summed E-state index contributed by atoms with van der Waals surface area (Å²) in [5.74, 6) is -0.735. The van der Waals surface area contributed by atoms with Crippen LogP contribution in [0.4, 0.5) is 0 Å². The third-order valence-electron chi connectivity index (χ3n) is 2.87. The average molecular weight is 365 g/mol. The van der Waals surface area contributed by atoms with Crippen LogP contribution in [0.1, 0.15) is 27.7 Å². The fourth-order valence-electron chi connectivity index (χ4n) is 2.56. The van der Waals surface area contributed by atoms with E-state index in [1.165, 1.54) is 13.8 Å². The van der Waals surface area contributed by atoms with Crippen LogP contribution < -0.4 is 0 Å². The van der Waals surface area contributed by atoms with Gasteiger partial charge in [0.05, 0.1) is 0 Å². The average Bonchev–Trinajstić information content (AvgIpc) is 2.07. The summed E-state index contributed by atoms with van der Waals surface area (Å²) in [5.41, 5.74) is -0.608. The third-order valence-corrected chi connectivity index (χ3v) is 9.90. The van der Waals surface area contributed by atoms with Crippen LogP contribution in [0.3, 0.4) is 0 Å². The molecule has 0 amide bonds. The molecule has 2 atom stereocenters. The molecule has 0 aromatic heterocycles. The van der Waals surface area contributed by atoms with Gasteiger partial charge in [0.2, 0.25) is 0 Å². The molecule has 104 valence electrons. The molecule has 1 fully saturated rings. The Bertz CT molecular complexity index is 350. The molecule has 1 aliphatic rings. The topological polar surface area (TPSA) is 61.8 Å². The minimum atomic E-state index is -2.68. The second-order valence-electron chi connectivity index (χ2n) is 5.85. The molecule has 0 N–H and O–H groups in total. The van der Waals surface area contributed by atoms with Crippen molar-refractivity contribution < 1.29 is 22.1 Å². The molecule has 0 aliphatic carbocycles. The van der Waals surface area contributed by atoms with Crippen LogP contribution in [-0.4, -0.2) is 48.5 Å². The van der Waals surface area contributed by atoms with Crippen molar-refractivity contribution in [3.8, 4) is 0 Å². The van der Waals surface area contributed by atoms with Crippen LogP contribution in [0.5, 0.6) is 0 Å². The molecule has 18 heavy (non-hydrogen) atoms. The predicted octanol–water partition coefficient (Wildman–Crippen LogP) is 1.86. The van der Waals surface area contributed by atoms with E-state index >= 15 is 0 Å². The van der Waals surface area contributed by atoms with Crippen LogP contribution in [-0.2, 0) is 22.1 Å². The van der Waals surface area contributed by atoms with E-state index < -0.39 is 30.5 Å². The van der Waals surface area contributed by atoms with E-state index in [0.29, 0.717) is 4.44 Å². The predicted molar refractivity (Wildman–Crippen MR) is 68.6 cm³/mol. The van der Waals surface area contributed by atoms with Gasteiger partial charge in [-0.25, -0.2) is 0 Å². The Kier molecular flexibility index (Phi) is 4.70. The van der Waals surface area contributed by atoms with Crippen LogP contribution in [0.25, 0.3) is 0 Å². The first kappa shape index (κ1) is 15.8. The monoisotopic (exact) mass is 366 g/mol. The number of carbonyl (C=O) groups is 2. The molecule has 5 nitrogen and oxygen atoms in total. The van der Waals surface area contributed by atoms with E-state index in [0.717, 1.165) is 0 Å². The summed E-state index contributed by atoms with van der Waals surface area (Å²) in [4.78, 5) is 26.6. The summed E-state index contributed by atoms with van der Waals surface area (Å²) in [5, 5.41) is 0. The summed E-state index contributed by atoms with van der Waals surface area (Å²) in [7, 11) is 0. The zero-order chi connectivity index (χ0) is 14.1. The van der Waals surface area contributed by atoms with Gasteiger partial charge in [-0.05, 0) is 0 Å². The van der Waals surface area contributed by atoms with E-state index in [1.807, 2.05) is 13.8 Å². The van der Waals surface area contributed by atoms with E-state index in [4.69, 9.17) is 12.5 Å². The molecule has 0 saturated carbocycles. The summed E-state index contributed by atoms with van der Waals surface area (Å²) < 4.78 is 17.5. The molecule has 1 rings (SSSR count). The Hall–Kier alpha value is -0.301. The van der Waals surface area contributed by atoms with Crippen molar-refractivity contribution in [2.24, 2.45) is 0 Å². The molecule has 1 aliphatic heterocycles. The first-order chi connectivity index (χ1) is 8.03. The third kappa shape index (κ3) is 4.12. The Morgan fingerprint density at radius 1 is 1.17 bits per heavy atom. The van der Waals surface area contributed by atoms with Gasteiger partial charge in [0.1, 0.15) is 0 Å². The number of esters is 2. The van der Waals surface area contributed by atoms with Gasteiger partial charge < -0.3 is 0 Å². The van der Waals surface area contributed by atoms with Crippen molar-refractivity contribution in [1.29, 1.82) is 0 Å². The molecule has 0 spiro atoms. The molecule has 0 radical (unpaired) electrons. The first-order valence-electron chi connectivity index (χ1n) is 6.08. The molecular weight excluding hydrogens is 343 g/mol. The SMILES string of the molecule is CC(=O)OC1[CH2][Sn]([CH3])([CH3])[O]C(C)(C)C1OC(C)=O. The number of carbonyl (C=O) groups excluding carboxylic acids is 2. The first-order valence-corrected chi connectivity index (χ1v) is 15.0. The summed E-state index contributed by atoms with van der Waals surface area (Å²) in [6.45, 7) is 6.49. The Morgan fingerprint density at radius 2 is 1.67 bits per heavy atom. The van der Waals surface area contributed by atoms with Crippen molar-refractivity contribution in [1.82, 2.24) is 0 Å². The van der Waals surface area contributed by atoms with Crippen molar-refractivity contribution in [3.63, 3.8) is 0 Å². The standard InChI is InChI=1S/C10H16O5.2CH3.Sn/c1-6(14-7(2)11)9(10(4,5)13)15-8(3)12;;;/h6,9H,1H2,2-5H3;2*1H3;/q-1;;;+1. The molecule has 1 heterocycles. The zero-order valence-corrected chi connectivity index (χ0v) is 14.8. The van der Waals surface area contributed by atoms with Crippen LogP contribution in [0, 0.1) is 0 Å². The molecular formula is C12H22O5Sn. The molecule has 2 unspecified atom stereocenters. The normalized spacial score (nSPS) is 29.4. The van der Waals surface area contributed by atoms with Gasteiger partial charge in [-0.2, -0.15) is 0 Å². The minimum absolute atomic E-state index is 0.350. The molecule has 0 aromatic rings. The van der Waals surface area contributed by atoms with E-state index in [2.05, 4.69) is 9.88 Å². The van der Waals surface area contributed by atoms with Crippen molar-refractivity contribution >= 4 is 30.7 Å². The van der Waals surface area contributed by atoms with Gasteiger partial charge in [-0.3, -0.25) is 0 Å². The van der Waals surface area contributed by atoms with Crippen molar-refractivity contribution in [3.05, 3.63) is 0 Å². The van der Waals surface area contributed by atoms with Crippen LogP contribution in [0.2, 0.25) is 14.3 Å².